The lowest BCUT2D eigenvalue weighted by Crippen LogP contribution is -2.34. The smallest absolute Gasteiger partial charge is 0.319 e. The molecule has 29 heavy (non-hydrogen) atoms. The molecular formula is C19H26N4O4S2. The van der Waals surface area contributed by atoms with Gasteiger partial charge in [-0.25, -0.2) is 18.2 Å². The van der Waals surface area contributed by atoms with Crippen LogP contribution in [0.15, 0.2) is 48.7 Å². The van der Waals surface area contributed by atoms with Crippen LogP contribution >= 0.6 is 0 Å². The fraction of sp³-hybridized carbons (Fsp3) is 0.368. The van der Waals surface area contributed by atoms with Gasteiger partial charge in [0, 0.05) is 39.7 Å². The molecule has 1 atom stereocenters. The zero-order chi connectivity index (χ0) is 21.5. The summed E-state index contributed by atoms with van der Waals surface area (Å²) in [6.45, 7) is 5.67. The monoisotopic (exact) mass is 438 g/mol. The Morgan fingerprint density at radius 1 is 1.14 bits per heavy atom. The topological polar surface area (TPSA) is 117 Å². The Balaban J connectivity index is 1.83. The summed E-state index contributed by atoms with van der Waals surface area (Å²) >= 11 is 0. The number of amides is 2. The number of carbonyl (C=O) groups excluding carboxylic acids is 1. The molecule has 0 aliphatic rings. The van der Waals surface area contributed by atoms with Crippen molar-refractivity contribution in [2.24, 2.45) is 0 Å². The summed E-state index contributed by atoms with van der Waals surface area (Å²) in [7, 11) is -4.67. The van der Waals surface area contributed by atoms with E-state index in [1.54, 1.807) is 30.3 Å². The molecule has 1 aromatic carbocycles. The lowest BCUT2D eigenvalue weighted by atomic mass is 10.2. The Labute approximate surface area is 174 Å². The molecule has 0 radical (unpaired) electrons. The molecule has 0 aliphatic carbocycles. The quantitative estimate of drug-likeness (QED) is 0.586. The van der Waals surface area contributed by atoms with Gasteiger partial charge in [-0.2, -0.15) is 0 Å². The van der Waals surface area contributed by atoms with Crippen LogP contribution in [0.1, 0.15) is 26.3 Å². The van der Waals surface area contributed by atoms with E-state index in [-0.39, 0.29) is 22.9 Å². The van der Waals surface area contributed by atoms with Gasteiger partial charge in [0.2, 0.25) is 10.0 Å². The largest absolute Gasteiger partial charge is 0.337 e. The highest BCUT2D eigenvalue weighted by Gasteiger charge is 2.19. The minimum atomic E-state index is -3.63. The van der Waals surface area contributed by atoms with E-state index in [0.29, 0.717) is 11.4 Å². The van der Waals surface area contributed by atoms with Crippen LogP contribution < -0.4 is 15.4 Å². The number of sulfonamides is 1. The number of hydrogen-bond acceptors (Lipinski definition) is 5. The van der Waals surface area contributed by atoms with Crippen molar-refractivity contribution in [1.82, 2.24) is 10.3 Å². The maximum absolute atomic E-state index is 12.3. The number of anilines is 2. The maximum Gasteiger partial charge on any atom is 0.319 e. The number of carbonyl (C=O) groups is 1. The Morgan fingerprint density at radius 2 is 1.90 bits per heavy atom. The summed E-state index contributed by atoms with van der Waals surface area (Å²) in [5, 5.41) is 5.16. The van der Waals surface area contributed by atoms with Crippen LogP contribution in [-0.2, 0) is 26.6 Å². The van der Waals surface area contributed by atoms with Gasteiger partial charge in [-0.3, -0.25) is 8.93 Å². The van der Waals surface area contributed by atoms with Crippen LogP contribution in [0.2, 0.25) is 0 Å². The number of nitrogens with zero attached hydrogens (tertiary/aromatic N) is 1. The molecule has 158 valence electrons. The molecule has 3 N–H and O–H groups in total. The van der Waals surface area contributed by atoms with Crippen molar-refractivity contribution in [3.8, 4) is 0 Å². The van der Waals surface area contributed by atoms with E-state index >= 15 is 0 Å². The summed E-state index contributed by atoms with van der Waals surface area (Å²) in [5.74, 6) is 0.320. The van der Waals surface area contributed by atoms with Crippen LogP contribution in [0.4, 0.5) is 16.3 Å². The van der Waals surface area contributed by atoms with Crippen LogP contribution in [0.5, 0.6) is 0 Å². The molecule has 2 aromatic rings. The molecule has 0 saturated heterocycles. The first kappa shape index (κ1) is 22.8. The number of hydrogen-bond donors (Lipinski definition) is 3. The average Bonchev–Trinajstić information content (AvgIpc) is 2.61. The number of aromatic nitrogens is 1. The molecular weight excluding hydrogens is 412 g/mol. The zero-order valence-electron chi connectivity index (χ0n) is 16.6. The van der Waals surface area contributed by atoms with Gasteiger partial charge in [0.25, 0.3) is 0 Å². The summed E-state index contributed by atoms with van der Waals surface area (Å²) < 4.78 is 38.3. The van der Waals surface area contributed by atoms with E-state index in [2.05, 4.69) is 20.3 Å². The minimum Gasteiger partial charge on any atom is -0.337 e. The fourth-order valence-electron chi connectivity index (χ4n) is 2.21. The van der Waals surface area contributed by atoms with Crippen molar-refractivity contribution in [3.63, 3.8) is 0 Å². The Morgan fingerprint density at radius 3 is 2.55 bits per heavy atom. The number of pyridine rings is 1. The lowest BCUT2D eigenvalue weighted by Gasteiger charge is -2.18. The molecule has 1 unspecified atom stereocenters. The highest BCUT2D eigenvalue weighted by atomic mass is 32.2. The minimum absolute atomic E-state index is 0.0677. The molecule has 2 amide bonds. The second kappa shape index (κ2) is 9.84. The first-order valence-electron chi connectivity index (χ1n) is 8.99. The summed E-state index contributed by atoms with van der Waals surface area (Å²) in [5.41, 5.74) is 1.39. The molecule has 8 nitrogen and oxygen atoms in total. The summed E-state index contributed by atoms with van der Waals surface area (Å²) in [6.07, 6.45) is 1.48. The van der Waals surface area contributed by atoms with Crippen molar-refractivity contribution in [2.75, 3.05) is 22.3 Å². The number of nitrogens with one attached hydrogen (secondary N) is 3. The van der Waals surface area contributed by atoms with Crippen LogP contribution in [0.25, 0.3) is 0 Å². The molecule has 0 fully saturated rings. The predicted molar refractivity (Wildman–Crippen MR) is 117 cm³/mol. The van der Waals surface area contributed by atoms with Crippen molar-refractivity contribution in [3.05, 3.63) is 54.2 Å². The lowest BCUT2D eigenvalue weighted by molar-refractivity contribution is 0.252. The van der Waals surface area contributed by atoms with Crippen LogP contribution in [-0.4, -0.2) is 40.7 Å². The molecule has 2 rings (SSSR count). The van der Waals surface area contributed by atoms with E-state index in [0.717, 1.165) is 5.56 Å². The number of benzene rings is 1. The van der Waals surface area contributed by atoms with Crippen molar-refractivity contribution in [2.45, 2.75) is 31.3 Å². The normalized spacial score (nSPS) is 12.8. The van der Waals surface area contributed by atoms with Gasteiger partial charge in [0.05, 0.1) is 5.75 Å². The van der Waals surface area contributed by atoms with Gasteiger partial charge >= 0.3 is 6.03 Å². The average molecular weight is 439 g/mol. The van der Waals surface area contributed by atoms with Crippen molar-refractivity contribution in [1.29, 1.82) is 0 Å². The third kappa shape index (κ3) is 8.20. The van der Waals surface area contributed by atoms with E-state index in [1.165, 1.54) is 12.3 Å². The van der Waals surface area contributed by atoms with Gasteiger partial charge in [-0.1, -0.05) is 18.2 Å². The maximum atomic E-state index is 12.3. The molecule has 10 heteroatoms. The van der Waals surface area contributed by atoms with Crippen molar-refractivity contribution >= 4 is 38.4 Å². The highest BCUT2D eigenvalue weighted by molar-refractivity contribution is 7.92. The van der Waals surface area contributed by atoms with E-state index in [9.17, 15) is 17.4 Å². The first-order chi connectivity index (χ1) is 13.5. The van der Waals surface area contributed by atoms with Gasteiger partial charge in [0.15, 0.2) is 0 Å². The molecule has 0 saturated carbocycles. The fourth-order valence-corrected chi connectivity index (χ4v) is 4.04. The highest BCUT2D eigenvalue weighted by Crippen LogP contribution is 2.18. The first-order valence-corrected chi connectivity index (χ1v) is 12.0. The van der Waals surface area contributed by atoms with Gasteiger partial charge in [-0.15, -0.1) is 0 Å². The van der Waals surface area contributed by atoms with E-state index in [1.807, 2.05) is 26.8 Å². The molecule has 1 heterocycles. The third-order valence-corrected chi connectivity index (χ3v) is 6.97. The Hall–Kier alpha value is -2.46. The molecule has 0 aliphatic heterocycles. The Bertz CT molecular complexity index is 958. The standard InChI is InChI=1S/C19H26N4O4S2/c1-19(2,3)28(25)14-15-7-6-8-16(13-15)22-18(24)21-11-12-29(26,27)23-17-9-4-5-10-20-17/h4-10,13H,11-12,14H2,1-3H3,(H,20,23)(H2,21,22,24). The third-order valence-electron chi connectivity index (χ3n) is 3.75. The van der Waals surface area contributed by atoms with Crippen molar-refractivity contribution < 1.29 is 17.4 Å². The van der Waals surface area contributed by atoms with Crippen LogP contribution in [0, 0.1) is 0 Å². The van der Waals surface area contributed by atoms with E-state index in [4.69, 9.17) is 0 Å². The predicted octanol–water partition coefficient (Wildman–Crippen LogP) is 2.69. The molecule has 1 aromatic heterocycles. The molecule has 0 bridgehead atoms. The Kier molecular flexibility index (Phi) is 7.74. The number of urea groups is 1. The van der Waals surface area contributed by atoms with Gasteiger partial charge in [-0.05, 0) is 50.6 Å². The second-order valence-corrected chi connectivity index (χ2v) is 11.4. The summed E-state index contributed by atoms with van der Waals surface area (Å²) in [6, 6.07) is 11.4. The van der Waals surface area contributed by atoms with Gasteiger partial charge in [0.1, 0.15) is 5.82 Å². The van der Waals surface area contributed by atoms with Gasteiger partial charge < -0.3 is 10.6 Å². The van der Waals surface area contributed by atoms with Crippen LogP contribution in [0.3, 0.4) is 0 Å². The summed E-state index contributed by atoms with van der Waals surface area (Å²) in [4.78, 5) is 15.9. The zero-order valence-corrected chi connectivity index (χ0v) is 18.3. The van der Waals surface area contributed by atoms with E-state index < -0.39 is 26.9 Å². The second-order valence-electron chi connectivity index (χ2n) is 7.32. The molecule has 0 spiro atoms. The SMILES string of the molecule is CC(C)(C)S(=O)Cc1cccc(NC(=O)NCCS(=O)(=O)Nc2ccccn2)c1. The number of rotatable bonds is 8.